The number of nitrogens with one attached hydrogen (secondary N) is 3. The molecule has 1 unspecified atom stereocenters. The summed E-state index contributed by atoms with van der Waals surface area (Å²) in [5, 5.41) is 19.3. The largest absolute Gasteiger partial charge is 0.481 e. The Balaban J connectivity index is 1.45. The van der Waals surface area contributed by atoms with Crippen LogP contribution in [0.3, 0.4) is 0 Å². The minimum absolute atomic E-state index is 0.198. The van der Waals surface area contributed by atoms with E-state index in [0.717, 1.165) is 10.6 Å². The SMILES string of the molecule is O=C[C@H](CC(=O)O)NC(=O)C(CCCCNC(=O)c1ccc(Nc2cnccn2)cc1)c1cccs1. The van der Waals surface area contributed by atoms with Gasteiger partial charge >= 0.3 is 5.97 Å². The highest BCUT2D eigenvalue weighted by atomic mass is 32.1. The zero-order valence-corrected chi connectivity index (χ0v) is 20.2. The van der Waals surface area contributed by atoms with Crippen LogP contribution in [0.2, 0.25) is 0 Å². The summed E-state index contributed by atoms with van der Waals surface area (Å²) >= 11 is 1.43. The lowest BCUT2D eigenvalue weighted by molar-refractivity contribution is -0.138. The molecule has 0 fully saturated rings. The van der Waals surface area contributed by atoms with Crippen LogP contribution in [0.25, 0.3) is 0 Å². The lowest BCUT2D eigenvalue weighted by atomic mass is 9.98. The van der Waals surface area contributed by atoms with Crippen molar-refractivity contribution in [1.29, 1.82) is 0 Å². The monoisotopic (exact) mass is 509 g/mol. The molecule has 3 aromatic rings. The van der Waals surface area contributed by atoms with Crippen LogP contribution in [0, 0.1) is 0 Å². The molecule has 36 heavy (non-hydrogen) atoms. The predicted molar refractivity (Wildman–Crippen MR) is 135 cm³/mol. The summed E-state index contributed by atoms with van der Waals surface area (Å²) in [6.45, 7) is 0.438. The topological polar surface area (TPSA) is 150 Å². The molecule has 0 radical (unpaired) electrons. The fourth-order valence-corrected chi connectivity index (χ4v) is 4.35. The zero-order chi connectivity index (χ0) is 25.8. The highest BCUT2D eigenvalue weighted by Crippen LogP contribution is 2.26. The second-order valence-corrected chi connectivity index (χ2v) is 8.94. The first-order valence-electron chi connectivity index (χ1n) is 11.4. The van der Waals surface area contributed by atoms with Crippen molar-refractivity contribution in [2.24, 2.45) is 0 Å². The van der Waals surface area contributed by atoms with Crippen molar-refractivity contribution in [1.82, 2.24) is 20.6 Å². The van der Waals surface area contributed by atoms with Crippen molar-refractivity contribution in [3.8, 4) is 0 Å². The Morgan fingerprint density at radius 1 is 1.08 bits per heavy atom. The normalized spacial score (nSPS) is 12.2. The van der Waals surface area contributed by atoms with Gasteiger partial charge in [-0.1, -0.05) is 12.5 Å². The van der Waals surface area contributed by atoms with Crippen molar-refractivity contribution < 1.29 is 24.3 Å². The zero-order valence-electron chi connectivity index (χ0n) is 19.4. The van der Waals surface area contributed by atoms with Gasteiger partial charge in [0.25, 0.3) is 5.91 Å². The van der Waals surface area contributed by atoms with Crippen LogP contribution >= 0.6 is 11.3 Å². The molecule has 3 rings (SSSR count). The molecule has 0 bridgehead atoms. The summed E-state index contributed by atoms with van der Waals surface area (Å²) in [7, 11) is 0. The number of amides is 2. The van der Waals surface area contributed by atoms with E-state index in [0.29, 0.717) is 43.5 Å². The number of hydrogen-bond acceptors (Lipinski definition) is 8. The Morgan fingerprint density at radius 2 is 1.89 bits per heavy atom. The molecule has 0 saturated heterocycles. The van der Waals surface area contributed by atoms with Gasteiger partial charge in [-0.25, -0.2) is 4.98 Å². The molecule has 0 aliphatic rings. The van der Waals surface area contributed by atoms with E-state index in [-0.39, 0.29) is 11.8 Å². The fraction of sp³-hybridized carbons (Fsp3) is 0.280. The molecule has 4 N–H and O–H groups in total. The molecule has 188 valence electrons. The van der Waals surface area contributed by atoms with Crippen molar-refractivity contribution in [3.05, 3.63) is 70.8 Å². The first kappa shape index (κ1) is 26.5. The summed E-state index contributed by atoms with van der Waals surface area (Å²) < 4.78 is 0. The minimum Gasteiger partial charge on any atom is -0.481 e. The first-order valence-corrected chi connectivity index (χ1v) is 12.3. The Bertz CT molecular complexity index is 1140. The number of thiophene rings is 1. The fourth-order valence-electron chi connectivity index (χ4n) is 3.49. The molecule has 2 amide bonds. The Morgan fingerprint density at radius 3 is 2.53 bits per heavy atom. The lowest BCUT2D eigenvalue weighted by Crippen LogP contribution is -2.40. The van der Waals surface area contributed by atoms with Gasteiger partial charge in [-0.3, -0.25) is 19.4 Å². The Kier molecular flexibility index (Phi) is 10.1. The number of hydrogen-bond donors (Lipinski definition) is 4. The molecule has 11 heteroatoms. The van der Waals surface area contributed by atoms with Crippen LogP contribution in [0.4, 0.5) is 11.5 Å². The van der Waals surface area contributed by atoms with Crippen LogP contribution < -0.4 is 16.0 Å². The number of aliphatic carboxylic acids is 1. The van der Waals surface area contributed by atoms with Gasteiger partial charge < -0.3 is 25.9 Å². The van der Waals surface area contributed by atoms with Gasteiger partial charge in [-0.2, -0.15) is 0 Å². The average Bonchev–Trinajstić information content (AvgIpc) is 3.41. The number of carbonyl (C=O) groups is 4. The second-order valence-electron chi connectivity index (χ2n) is 7.96. The van der Waals surface area contributed by atoms with Gasteiger partial charge in [0.15, 0.2) is 0 Å². The number of aromatic nitrogens is 2. The first-order chi connectivity index (χ1) is 17.5. The Hall–Kier alpha value is -4.12. The molecule has 0 spiro atoms. The number of carbonyl (C=O) groups excluding carboxylic acids is 3. The van der Waals surface area contributed by atoms with Gasteiger partial charge in [-0.15, -0.1) is 11.3 Å². The molecule has 2 heterocycles. The van der Waals surface area contributed by atoms with Crippen molar-refractivity contribution in [3.63, 3.8) is 0 Å². The van der Waals surface area contributed by atoms with Crippen molar-refractivity contribution in [2.45, 2.75) is 37.6 Å². The van der Waals surface area contributed by atoms with Crippen molar-refractivity contribution in [2.75, 3.05) is 11.9 Å². The Labute approximate surface area is 212 Å². The molecular weight excluding hydrogens is 482 g/mol. The van der Waals surface area contributed by atoms with E-state index in [4.69, 9.17) is 5.11 Å². The lowest BCUT2D eigenvalue weighted by Gasteiger charge is -2.18. The third-order valence-electron chi connectivity index (χ3n) is 5.28. The molecule has 0 aliphatic carbocycles. The highest BCUT2D eigenvalue weighted by Gasteiger charge is 2.24. The minimum atomic E-state index is -1.16. The van der Waals surface area contributed by atoms with Crippen LogP contribution in [0.1, 0.15) is 46.8 Å². The average molecular weight is 510 g/mol. The number of rotatable bonds is 14. The summed E-state index contributed by atoms with van der Waals surface area (Å²) in [4.78, 5) is 56.2. The highest BCUT2D eigenvalue weighted by molar-refractivity contribution is 7.10. The number of benzene rings is 1. The van der Waals surface area contributed by atoms with Gasteiger partial charge in [0.1, 0.15) is 12.1 Å². The van der Waals surface area contributed by atoms with E-state index in [1.165, 1.54) is 11.3 Å². The smallest absolute Gasteiger partial charge is 0.305 e. The third kappa shape index (κ3) is 8.27. The molecule has 0 saturated carbocycles. The van der Waals surface area contributed by atoms with Gasteiger partial charge in [-0.05, 0) is 48.6 Å². The van der Waals surface area contributed by atoms with E-state index in [2.05, 4.69) is 25.9 Å². The molecule has 0 aliphatic heterocycles. The van der Waals surface area contributed by atoms with Crippen LogP contribution in [0.5, 0.6) is 0 Å². The molecule has 2 atom stereocenters. The maximum Gasteiger partial charge on any atom is 0.305 e. The number of anilines is 2. The van der Waals surface area contributed by atoms with E-state index < -0.39 is 24.3 Å². The number of carboxylic acid groups (broad SMARTS) is 1. The van der Waals surface area contributed by atoms with Crippen LogP contribution in [0.15, 0.2) is 60.4 Å². The second kappa shape index (κ2) is 13.7. The van der Waals surface area contributed by atoms with E-state index in [1.54, 1.807) is 42.9 Å². The number of carboxylic acids is 1. The quantitative estimate of drug-likeness (QED) is 0.191. The van der Waals surface area contributed by atoms with Gasteiger partial charge in [0, 0.05) is 35.1 Å². The van der Waals surface area contributed by atoms with Gasteiger partial charge in [0.05, 0.1) is 24.6 Å². The number of nitrogens with zero attached hydrogens (tertiary/aromatic N) is 2. The van der Waals surface area contributed by atoms with Crippen LogP contribution in [-0.2, 0) is 14.4 Å². The third-order valence-corrected chi connectivity index (χ3v) is 6.26. The summed E-state index contributed by atoms with van der Waals surface area (Å²) in [5.41, 5.74) is 1.30. The maximum atomic E-state index is 12.8. The number of aldehydes is 1. The maximum absolute atomic E-state index is 12.8. The molecule has 2 aromatic heterocycles. The summed E-state index contributed by atoms with van der Waals surface area (Å²) in [5.74, 6) is -1.63. The summed E-state index contributed by atoms with van der Waals surface area (Å²) in [6.07, 6.45) is 6.55. The van der Waals surface area contributed by atoms with Crippen molar-refractivity contribution >= 4 is 46.9 Å². The standard InChI is InChI=1S/C25H27N5O5S/c31-16-19(14-23(32)33)30-25(35)20(21-5-3-13-36-21)4-1-2-10-28-24(34)17-6-8-18(9-7-17)29-22-15-26-11-12-27-22/h3,5-9,11-13,15-16,19-20H,1-2,4,10,14H2,(H,27,29)(H,28,34)(H,30,35)(H,32,33)/t19-,20?/m0/s1. The van der Waals surface area contributed by atoms with E-state index >= 15 is 0 Å². The summed E-state index contributed by atoms with van der Waals surface area (Å²) in [6, 6.07) is 9.60. The van der Waals surface area contributed by atoms with Crippen LogP contribution in [-0.4, -0.2) is 51.7 Å². The molecule has 10 nitrogen and oxygen atoms in total. The molecular formula is C25H27N5O5S. The van der Waals surface area contributed by atoms with E-state index in [1.807, 2.05) is 17.5 Å². The predicted octanol–water partition coefficient (Wildman–Crippen LogP) is 3.12. The van der Waals surface area contributed by atoms with E-state index in [9.17, 15) is 19.2 Å². The van der Waals surface area contributed by atoms with Gasteiger partial charge in [0.2, 0.25) is 5.91 Å². The number of unbranched alkanes of at least 4 members (excludes halogenated alkanes) is 1. The molecule has 1 aromatic carbocycles.